The molecule has 0 bridgehead atoms. The van der Waals surface area contributed by atoms with Crippen LogP contribution in [-0.2, 0) is 0 Å². The van der Waals surface area contributed by atoms with Crippen molar-refractivity contribution in [1.29, 1.82) is 0 Å². The van der Waals surface area contributed by atoms with Gasteiger partial charge in [0.2, 0.25) is 0 Å². The molecular weight excluding hydrogens is 159 g/mol. The van der Waals surface area contributed by atoms with Gasteiger partial charge in [0.1, 0.15) is 0 Å². The largest absolute Gasteiger partial charge is 1.00 e. The first-order valence-corrected chi connectivity index (χ1v) is 3.43. The summed E-state index contributed by atoms with van der Waals surface area (Å²) in [6, 6.07) is 0. The van der Waals surface area contributed by atoms with Gasteiger partial charge < -0.3 is 5.11 Å². The van der Waals surface area contributed by atoms with E-state index in [4.69, 9.17) is 0 Å². The molecule has 1 nitrogen and oxygen atoms in total. The standard InChI is InChI=1S/C6H5OS.K/c7-6-4-2-1-3-5(6)8-6;/h1-5H;/q-1;+1. The van der Waals surface area contributed by atoms with Gasteiger partial charge in [-0.3, -0.25) is 0 Å². The van der Waals surface area contributed by atoms with Gasteiger partial charge in [-0.05, 0) is 4.93 Å². The zero-order chi connectivity index (χ0) is 5.61. The first-order chi connectivity index (χ1) is 3.81. The van der Waals surface area contributed by atoms with Crippen molar-refractivity contribution < 1.29 is 56.5 Å². The Bertz CT molecular complexity index is 178. The van der Waals surface area contributed by atoms with Gasteiger partial charge in [0.05, 0.1) is 0 Å². The van der Waals surface area contributed by atoms with Crippen LogP contribution < -0.4 is 56.5 Å². The fourth-order valence-electron chi connectivity index (χ4n) is 0.827. The van der Waals surface area contributed by atoms with Crippen LogP contribution in [0.1, 0.15) is 0 Å². The Labute approximate surface area is 101 Å². The third-order valence-corrected chi connectivity index (χ3v) is 2.64. The molecule has 1 aliphatic heterocycles. The minimum atomic E-state index is -0.755. The Morgan fingerprint density at radius 2 is 2.22 bits per heavy atom. The van der Waals surface area contributed by atoms with E-state index in [1.807, 2.05) is 18.2 Å². The molecule has 0 aromatic rings. The summed E-state index contributed by atoms with van der Waals surface area (Å²) < 4.78 is 0. The Balaban J connectivity index is 0.000000405. The van der Waals surface area contributed by atoms with Crippen LogP contribution >= 0.6 is 11.8 Å². The molecule has 0 N–H and O–H groups in total. The third kappa shape index (κ3) is 1.53. The molecule has 1 fully saturated rings. The van der Waals surface area contributed by atoms with Gasteiger partial charge in [-0.15, -0.1) is 0 Å². The van der Waals surface area contributed by atoms with Crippen LogP contribution in [0.3, 0.4) is 0 Å². The van der Waals surface area contributed by atoms with E-state index in [0.717, 1.165) is 0 Å². The fourth-order valence-corrected chi connectivity index (χ4v) is 1.64. The summed E-state index contributed by atoms with van der Waals surface area (Å²) in [5.41, 5.74) is 0. The number of hydrogen-bond acceptors (Lipinski definition) is 2. The third-order valence-electron chi connectivity index (χ3n) is 1.38. The van der Waals surface area contributed by atoms with E-state index < -0.39 is 4.93 Å². The average Bonchev–Trinajstić information content (AvgIpc) is 2.39. The van der Waals surface area contributed by atoms with E-state index in [1.54, 1.807) is 6.08 Å². The molecule has 2 unspecified atom stereocenters. The molecule has 0 amide bonds. The van der Waals surface area contributed by atoms with Crippen molar-refractivity contribution >= 4 is 11.8 Å². The normalized spacial score (nSPS) is 43.4. The first kappa shape index (κ1) is 8.52. The molecule has 9 heavy (non-hydrogen) atoms. The van der Waals surface area contributed by atoms with Crippen molar-refractivity contribution in [2.75, 3.05) is 0 Å². The van der Waals surface area contributed by atoms with E-state index in [9.17, 15) is 5.11 Å². The zero-order valence-corrected chi connectivity index (χ0v) is 9.14. The van der Waals surface area contributed by atoms with E-state index in [2.05, 4.69) is 0 Å². The van der Waals surface area contributed by atoms with Crippen molar-refractivity contribution in [1.82, 2.24) is 0 Å². The number of fused-ring (bicyclic) bond motifs is 1. The Morgan fingerprint density at radius 1 is 1.44 bits per heavy atom. The monoisotopic (exact) mass is 164 g/mol. The Kier molecular flexibility index (Phi) is 2.66. The van der Waals surface area contributed by atoms with Crippen molar-refractivity contribution in [3.05, 3.63) is 24.3 Å². The number of rotatable bonds is 0. The van der Waals surface area contributed by atoms with Gasteiger partial charge in [-0.2, -0.15) is 11.8 Å². The second-order valence-corrected chi connectivity index (χ2v) is 3.39. The maximum atomic E-state index is 11.0. The van der Waals surface area contributed by atoms with Gasteiger partial charge >= 0.3 is 51.4 Å². The topological polar surface area (TPSA) is 23.1 Å². The average molecular weight is 164 g/mol. The molecule has 42 valence electrons. The van der Waals surface area contributed by atoms with E-state index in [0.29, 0.717) is 0 Å². The Morgan fingerprint density at radius 3 is 2.67 bits per heavy atom. The molecule has 0 saturated carbocycles. The molecule has 0 aromatic carbocycles. The molecule has 2 rings (SSSR count). The van der Waals surface area contributed by atoms with Crippen molar-refractivity contribution in [2.24, 2.45) is 0 Å². The second-order valence-electron chi connectivity index (χ2n) is 2.00. The molecule has 0 radical (unpaired) electrons. The summed E-state index contributed by atoms with van der Waals surface area (Å²) >= 11 is 1.47. The van der Waals surface area contributed by atoms with Crippen LogP contribution in [0.4, 0.5) is 0 Å². The minimum Gasteiger partial charge on any atom is -0.837 e. The molecule has 3 heteroatoms. The van der Waals surface area contributed by atoms with Crippen LogP contribution in [0, 0.1) is 0 Å². The molecule has 1 aliphatic carbocycles. The summed E-state index contributed by atoms with van der Waals surface area (Å²) in [6.45, 7) is 0. The minimum absolute atomic E-state index is 0. The fraction of sp³-hybridized carbons (Fsp3) is 0.333. The summed E-state index contributed by atoms with van der Waals surface area (Å²) in [4.78, 5) is -0.755. The van der Waals surface area contributed by atoms with Gasteiger partial charge in [0.15, 0.2) is 0 Å². The summed E-state index contributed by atoms with van der Waals surface area (Å²) in [5.74, 6) is 0. The van der Waals surface area contributed by atoms with Crippen molar-refractivity contribution in [3.8, 4) is 0 Å². The van der Waals surface area contributed by atoms with Crippen LogP contribution in [0.5, 0.6) is 0 Å². The molecule has 0 aromatic heterocycles. The Hall–Kier alpha value is 1.43. The van der Waals surface area contributed by atoms with Crippen LogP contribution in [0.2, 0.25) is 0 Å². The van der Waals surface area contributed by atoms with Crippen molar-refractivity contribution in [3.63, 3.8) is 0 Å². The first-order valence-electron chi connectivity index (χ1n) is 2.55. The molecule has 0 spiro atoms. The zero-order valence-electron chi connectivity index (χ0n) is 5.20. The van der Waals surface area contributed by atoms with E-state index in [1.165, 1.54) is 11.8 Å². The summed E-state index contributed by atoms with van der Waals surface area (Å²) in [5, 5.41) is 11.3. The van der Waals surface area contributed by atoms with Gasteiger partial charge in [0.25, 0.3) is 0 Å². The van der Waals surface area contributed by atoms with E-state index in [-0.39, 0.29) is 56.6 Å². The number of thioether (sulfide) groups is 1. The molecule has 2 aliphatic rings. The summed E-state index contributed by atoms with van der Waals surface area (Å²) in [6.07, 6.45) is 7.43. The van der Waals surface area contributed by atoms with E-state index >= 15 is 0 Å². The van der Waals surface area contributed by atoms with Crippen molar-refractivity contribution in [2.45, 2.75) is 10.2 Å². The second kappa shape index (κ2) is 2.81. The number of hydrogen-bond donors (Lipinski definition) is 0. The number of allylic oxidation sites excluding steroid dienone is 2. The van der Waals surface area contributed by atoms with Crippen LogP contribution in [0.15, 0.2) is 24.3 Å². The van der Waals surface area contributed by atoms with Crippen LogP contribution in [-0.4, -0.2) is 10.2 Å². The smallest absolute Gasteiger partial charge is 0.837 e. The molecular formula is C6H5KOS. The molecule has 1 saturated heterocycles. The quantitative estimate of drug-likeness (QED) is 0.287. The molecule has 1 heterocycles. The maximum absolute atomic E-state index is 11.0. The summed E-state index contributed by atoms with van der Waals surface area (Å²) in [7, 11) is 0. The predicted octanol–water partition coefficient (Wildman–Crippen LogP) is -2.71. The predicted molar refractivity (Wildman–Crippen MR) is 32.4 cm³/mol. The van der Waals surface area contributed by atoms with Gasteiger partial charge in [-0.1, -0.05) is 24.3 Å². The SMILES string of the molecule is [K+].[O-]C12C=CC=CC1S2. The maximum Gasteiger partial charge on any atom is 1.00 e. The van der Waals surface area contributed by atoms with Crippen LogP contribution in [0.25, 0.3) is 0 Å². The molecule has 2 atom stereocenters. The van der Waals surface area contributed by atoms with Gasteiger partial charge in [0, 0.05) is 5.25 Å². The van der Waals surface area contributed by atoms with Gasteiger partial charge in [-0.25, -0.2) is 0 Å².